The van der Waals surface area contributed by atoms with Gasteiger partial charge in [-0.25, -0.2) is 9.97 Å². The summed E-state index contributed by atoms with van der Waals surface area (Å²) in [4.78, 5) is 24.9. The highest BCUT2D eigenvalue weighted by Crippen LogP contribution is 2.40. The number of hydrogen-bond donors (Lipinski definition) is 4. The van der Waals surface area contributed by atoms with Gasteiger partial charge in [0.05, 0.1) is 30.7 Å². The van der Waals surface area contributed by atoms with Crippen LogP contribution < -0.4 is 21.7 Å². The van der Waals surface area contributed by atoms with Crippen LogP contribution in [0.4, 0.5) is 11.6 Å². The summed E-state index contributed by atoms with van der Waals surface area (Å²) in [5, 5.41) is 10.5. The van der Waals surface area contributed by atoms with Crippen molar-refractivity contribution in [2.45, 2.75) is 25.8 Å². The standard InChI is InChI=1S/C20H24ClN7O/c21-14-3-1-2-13(8-14)10-24-18-20(4-6-23-7-5-20)9-15-16(27-18)11-25-19(28-15)26-12-17(22)29/h1-3,8,11,23H,4-7,9-10,12H2,(H2,22,29)(H,24,27)(H,25,26,28). The SMILES string of the molecule is NC(=O)CNc1ncc2c(n1)CC1(CCNCC1)C(=NCc1cccc(Cl)c1)N2. The summed E-state index contributed by atoms with van der Waals surface area (Å²) in [7, 11) is 0. The fraction of sp³-hybridized carbons (Fsp3) is 0.400. The largest absolute Gasteiger partial charge is 0.368 e. The Kier molecular flexibility index (Phi) is 5.64. The molecule has 0 unspecified atom stereocenters. The van der Waals surface area contributed by atoms with E-state index in [2.05, 4.69) is 25.9 Å². The highest BCUT2D eigenvalue weighted by molar-refractivity contribution is 6.30. The molecule has 0 radical (unpaired) electrons. The first-order valence-corrected chi connectivity index (χ1v) is 10.1. The minimum atomic E-state index is -0.449. The van der Waals surface area contributed by atoms with Gasteiger partial charge in [0.15, 0.2) is 0 Å². The number of primary amides is 1. The molecule has 8 nitrogen and oxygen atoms in total. The van der Waals surface area contributed by atoms with Gasteiger partial charge in [0.25, 0.3) is 0 Å². The van der Waals surface area contributed by atoms with Crippen molar-refractivity contribution in [2.75, 3.05) is 30.3 Å². The number of nitrogens with two attached hydrogens (primary N) is 1. The van der Waals surface area contributed by atoms with E-state index in [-0.39, 0.29) is 12.0 Å². The number of nitrogens with one attached hydrogen (secondary N) is 3. The molecular weight excluding hydrogens is 390 g/mol. The summed E-state index contributed by atoms with van der Waals surface area (Å²) in [6, 6.07) is 7.78. The lowest BCUT2D eigenvalue weighted by Gasteiger charge is -2.42. The number of aromatic nitrogens is 2. The second-order valence-electron chi connectivity index (χ2n) is 7.50. The second kappa shape index (κ2) is 8.34. The topological polar surface area (TPSA) is 117 Å². The number of hydrogen-bond acceptors (Lipinski definition) is 6. The monoisotopic (exact) mass is 413 g/mol. The molecule has 2 aliphatic rings. The van der Waals surface area contributed by atoms with Gasteiger partial charge < -0.3 is 21.7 Å². The molecule has 1 fully saturated rings. The first-order chi connectivity index (χ1) is 14.0. The van der Waals surface area contributed by atoms with Gasteiger partial charge in [0.2, 0.25) is 11.9 Å². The molecule has 3 heterocycles. The van der Waals surface area contributed by atoms with Gasteiger partial charge in [-0.1, -0.05) is 23.7 Å². The zero-order valence-corrected chi connectivity index (χ0v) is 16.8. The van der Waals surface area contributed by atoms with Crippen molar-refractivity contribution >= 4 is 35.0 Å². The predicted octanol–water partition coefficient (Wildman–Crippen LogP) is 1.96. The van der Waals surface area contributed by atoms with Crippen LogP contribution in [-0.2, 0) is 17.8 Å². The Morgan fingerprint density at radius 3 is 2.93 bits per heavy atom. The summed E-state index contributed by atoms with van der Waals surface area (Å²) < 4.78 is 0. The van der Waals surface area contributed by atoms with Crippen LogP contribution in [0.5, 0.6) is 0 Å². The molecule has 9 heteroatoms. The van der Waals surface area contributed by atoms with Gasteiger partial charge >= 0.3 is 0 Å². The number of anilines is 2. The zero-order valence-electron chi connectivity index (χ0n) is 16.0. The van der Waals surface area contributed by atoms with Crippen molar-refractivity contribution in [3.8, 4) is 0 Å². The highest BCUT2D eigenvalue weighted by Gasteiger charge is 2.42. The zero-order chi connectivity index (χ0) is 20.3. The second-order valence-corrected chi connectivity index (χ2v) is 7.94. The molecule has 29 heavy (non-hydrogen) atoms. The van der Waals surface area contributed by atoms with E-state index in [0.717, 1.165) is 55.1 Å². The number of carbonyl (C=O) groups excluding carboxylic acids is 1. The van der Waals surface area contributed by atoms with Crippen molar-refractivity contribution < 1.29 is 4.79 Å². The third-order valence-electron chi connectivity index (χ3n) is 5.42. The molecule has 0 bridgehead atoms. The quantitative estimate of drug-likeness (QED) is 0.595. The molecule has 1 amide bonds. The Balaban J connectivity index is 1.61. The minimum Gasteiger partial charge on any atom is -0.368 e. The molecule has 1 aromatic carbocycles. The Morgan fingerprint density at radius 2 is 2.17 bits per heavy atom. The van der Waals surface area contributed by atoms with Crippen molar-refractivity contribution in [1.82, 2.24) is 15.3 Å². The predicted molar refractivity (Wildman–Crippen MR) is 114 cm³/mol. The van der Waals surface area contributed by atoms with E-state index in [1.807, 2.05) is 24.3 Å². The van der Waals surface area contributed by atoms with E-state index >= 15 is 0 Å². The number of carbonyl (C=O) groups is 1. The molecule has 152 valence electrons. The number of piperidine rings is 1. The van der Waals surface area contributed by atoms with Gasteiger partial charge in [0, 0.05) is 16.9 Å². The lowest BCUT2D eigenvalue weighted by Crippen LogP contribution is -2.49. The van der Waals surface area contributed by atoms with Crippen molar-refractivity contribution in [1.29, 1.82) is 0 Å². The summed E-state index contributed by atoms with van der Waals surface area (Å²) in [5.74, 6) is 0.940. The van der Waals surface area contributed by atoms with Crippen LogP contribution >= 0.6 is 11.6 Å². The number of amides is 1. The lowest BCUT2D eigenvalue weighted by atomic mass is 9.72. The average molecular weight is 414 g/mol. The van der Waals surface area contributed by atoms with Crippen molar-refractivity contribution in [3.63, 3.8) is 0 Å². The molecule has 5 N–H and O–H groups in total. The smallest absolute Gasteiger partial charge is 0.236 e. The van der Waals surface area contributed by atoms with Gasteiger partial charge in [-0.2, -0.15) is 0 Å². The van der Waals surface area contributed by atoms with Crippen LogP contribution in [0, 0.1) is 5.41 Å². The van der Waals surface area contributed by atoms with Crippen LogP contribution in [0.2, 0.25) is 5.02 Å². The minimum absolute atomic E-state index is 0.00756. The molecule has 1 spiro atoms. The number of benzene rings is 1. The third-order valence-corrected chi connectivity index (χ3v) is 5.65. The van der Waals surface area contributed by atoms with Gasteiger partial charge in [-0.3, -0.25) is 9.79 Å². The highest BCUT2D eigenvalue weighted by atomic mass is 35.5. The van der Waals surface area contributed by atoms with E-state index in [1.54, 1.807) is 6.20 Å². The number of rotatable bonds is 5. The van der Waals surface area contributed by atoms with Gasteiger partial charge in [-0.15, -0.1) is 0 Å². The molecule has 4 rings (SSSR count). The molecule has 0 saturated carbocycles. The molecule has 0 aliphatic carbocycles. The summed E-state index contributed by atoms with van der Waals surface area (Å²) in [6.45, 7) is 2.44. The maximum absolute atomic E-state index is 11.0. The summed E-state index contributed by atoms with van der Waals surface area (Å²) in [6.07, 6.45) is 4.46. The summed E-state index contributed by atoms with van der Waals surface area (Å²) in [5.41, 5.74) is 7.96. The van der Waals surface area contributed by atoms with E-state index < -0.39 is 5.91 Å². The molecule has 0 atom stereocenters. The molecule has 1 aromatic heterocycles. The first kappa shape index (κ1) is 19.6. The molecule has 1 saturated heterocycles. The Morgan fingerprint density at radius 1 is 1.34 bits per heavy atom. The number of aliphatic imine (C=N–C) groups is 1. The Labute approximate surface area is 174 Å². The van der Waals surface area contributed by atoms with Crippen LogP contribution in [0.15, 0.2) is 35.5 Å². The van der Waals surface area contributed by atoms with Gasteiger partial charge in [0.1, 0.15) is 5.84 Å². The van der Waals surface area contributed by atoms with Crippen LogP contribution in [0.25, 0.3) is 0 Å². The first-order valence-electron chi connectivity index (χ1n) is 9.69. The maximum atomic E-state index is 11.0. The van der Waals surface area contributed by atoms with Crippen LogP contribution in [0.3, 0.4) is 0 Å². The molecule has 2 aromatic rings. The number of nitrogens with zero attached hydrogens (tertiary/aromatic N) is 3. The molecular formula is C20H24ClN7O. The van der Waals surface area contributed by atoms with E-state index in [9.17, 15) is 4.79 Å². The van der Waals surface area contributed by atoms with Crippen LogP contribution in [-0.4, -0.2) is 41.3 Å². The maximum Gasteiger partial charge on any atom is 0.236 e. The van der Waals surface area contributed by atoms with E-state index in [0.29, 0.717) is 17.5 Å². The van der Waals surface area contributed by atoms with Gasteiger partial charge in [-0.05, 0) is 43.6 Å². The number of fused-ring (bicyclic) bond motifs is 1. The third kappa shape index (κ3) is 4.49. The lowest BCUT2D eigenvalue weighted by molar-refractivity contribution is -0.116. The number of halogens is 1. The fourth-order valence-electron chi connectivity index (χ4n) is 3.90. The summed E-state index contributed by atoms with van der Waals surface area (Å²) >= 11 is 6.11. The van der Waals surface area contributed by atoms with Crippen molar-refractivity contribution in [3.05, 3.63) is 46.7 Å². The normalized spacial score (nSPS) is 18.9. The Bertz CT molecular complexity index is 940. The average Bonchev–Trinajstić information content (AvgIpc) is 2.71. The number of amidine groups is 1. The van der Waals surface area contributed by atoms with Crippen molar-refractivity contribution in [2.24, 2.45) is 16.1 Å². The Hall–Kier alpha value is -2.71. The van der Waals surface area contributed by atoms with E-state index in [1.165, 1.54) is 0 Å². The van der Waals surface area contributed by atoms with Crippen LogP contribution in [0.1, 0.15) is 24.1 Å². The fourth-order valence-corrected chi connectivity index (χ4v) is 4.12. The van der Waals surface area contributed by atoms with E-state index in [4.69, 9.17) is 22.3 Å². The molecule has 2 aliphatic heterocycles.